The normalized spacial score (nSPS) is 41.6. The first-order valence-corrected chi connectivity index (χ1v) is 7.20. The molecule has 2 nitrogen and oxygen atoms in total. The number of rotatable bonds is 1. The molecule has 0 aromatic heterocycles. The van der Waals surface area contributed by atoms with Crippen molar-refractivity contribution in [1.82, 2.24) is 4.90 Å². The van der Waals surface area contributed by atoms with Gasteiger partial charge in [-0.1, -0.05) is 6.42 Å². The molecule has 3 aliphatic rings. The summed E-state index contributed by atoms with van der Waals surface area (Å²) in [7, 11) is 0. The molecule has 92 valence electrons. The fraction of sp³-hybridized carbons (Fsp3) is 1.00. The van der Waals surface area contributed by atoms with Crippen LogP contribution in [0.25, 0.3) is 0 Å². The van der Waals surface area contributed by atoms with Gasteiger partial charge in [0.05, 0.1) is 6.61 Å². The van der Waals surface area contributed by atoms with Crippen LogP contribution in [0.4, 0.5) is 0 Å². The first-order chi connectivity index (χ1) is 7.88. The first kappa shape index (κ1) is 11.0. The number of hydrogen-bond donors (Lipinski definition) is 0. The second-order valence-electron chi connectivity index (χ2n) is 6.13. The summed E-state index contributed by atoms with van der Waals surface area (Å²) in [6.45, 7) is 4.82. The lowest BCUT2D eigenvalue weighted by Gasteiger charge is -2.42. The van der Waals surface area contributed by atoms with Crippen molar-refractivity contribution >= 4 is 0 Å². The molecule has 0 N–H and O–H groups in total. The zero-order chi connectivity index (χ0) is 10.8. The van der Waals surface area contributed by atoms with Crippen molar-refractivity contribution in [2.75, 3.05) is 26.3 Å². The van der Waals surface area contributed by atoms with Crippen LogP contribution in [0.3, 0.4) is 0 Å². The van der Waals surface area contributed by atoms with Gasteiger partial charge < -0.3 is 9.64 Å². The molecule has 0 aromatic rings. The lowest BCUT2D eigenvalue weighted by molar-refractivity contribution is 0.0633. The van der Waals surface area contributed by atoms with E-state index < -0.39 is 0 Å². The zero-order valence-corrected chi connectivity index (χ0v) is 10.4. The van der Waals surface area contributed by atoms with Gasteiger partial charge in [0.2, 0.25) is 0 Å². The van der Waals surface area contributed by atoms with Crippen LogP contribution in [0.2, 0.25) is 0 Å². The Kier molecular flexibility index (Phi) is 3.21. The van der Waals surface area contributed by atoms with Crippen LogP contribution in [0.5, 0.6) is 0 Å². The molecule has 16 heavy (non-hydrogen) atoms. The predicted molar refractivity (Wildman–Crippen MR) is 65.5 cm³/mol. The third-order valence-electron chi connectivity index (χ3n) is 5.11. The first-order valence-electron chi connectivity index (χ1n) is 7.20. The summed E-state index contributed by atoms with van der Waals surface area (Å²) < 4.78 is 5.60. The summed E-state index contributed by atoms with van der Waals surface area (Å²) in [6, 6.07) is 0.909. The fourth-order valence-electron chi connectivity index (χ4n) is 3.91. The van der Waals surface area contributed by atoms with Crippen LogP contribution < -0.4 is 0 Å². The molecular formula is C14H25NO. The van der Waals surface area contributed by atoms with E-state index in [9.17, 15) is 0 Å². The van der Waals surface area contributed by atoms with Gasteiger partial charge >= 0.3 is 0 Å². The van der Waals surface area contributed by atoms with E-state index in [4.69, 9.17) is 4.74 Å². The lowest BCUT2D eigenvalue weighted by Crippen LogP contribution is -2.43. The van der Waals surface area contributed by atoms with E-state index in [-0.39, 0.29) is 0 Å². The van der Waals surface area contributed by atoms with Gasteiger partial charge in [0.25, 0.3) is 0 Å². The third-order valence-corrected chi connectivity index (χ3v) is 5.11. The molecule has 3 rings (SSSR count). The highest BCUT2D eigenvalue weighted by Crippen LogP contribution is 2.44. The van der Waals surface area contributed by atoms with Gasteiger partial charge in [-0.3, -0.25) is 0 Å². The van der Waals surface area contributed by atoms with Crippen molar-refractivity contribution in [3.05, 3.63) is 0 Å². The summed E-state index contributed by atoms with van der Waals surface area (Å²) in [5.74, 6) is 0. The quantitative estimate of drug-likeness (QED) is 0.678. The van der Waals surface area contributed by atoms with E-state index in [1.54, 1.807) is 0 Å². The molecule has 0 radical (unpaired) electrons. The van der Waals surface area contributed by atoms with Crippen LogP contribution in [-0.2, 0) is 4.74 Å². The topological polar surface area (TPSA) is 12.5 Å². The van der Waals surface area contributed by atoms with E-state index in [1.165, 1.54) is 64.5 Å². The van der Waals surface area contributed by atoms with Gasteiger partial charge in [-0.25, -0.2) is 0 Å². The standard InChI is InChI=1S/C14H25NO/c1-2-9-15(10-3-1)13-4-6-14(7-5-13)8-11-16-12-14/h13H,1-12H2. The Morgan fingerprint density at radius 3 is 2.31 bits per heavy atom. The summed E-state index contributed by atoms with van der Waals surface area (Å²) in [4.78, 5) is 2.77. The smallest absolute Gasteiger partial charge is 0.0523 e. The maximum atomic E-state index is 5.60. The molecule has 0 unspecified atom stereocenters. The Labute approximate surface area is 99.3 Å². The van der Waals surface area contributed by atoms with Crippen LogP contribution >= 0.6 is 0 Å². The second-order valence-corrected chi connectivity index (χ2v) is 6.13. The molecule has 0 bridgehead atoms. The second kappa shape index (κ2) is 4.66. The van der Waals surface area contributed by atoms with Gasteiger partial charge in [0, 0.05) is 12.6 Å². The van der Waals surface area contributed by atoms with Gasteiger partial charge in [-0.15, -0.1) is 0 Å². The average Bonchev–Trinajstić information content (AvgIpc) is 2.80. The minimum atomic E-state index is 0.603. The van der Waals surface area contributed by atoms with Gasteiger partial charge in [-0.05, 0) is 63.5 Å². The van der Waals surface area contributed by atoms with Crippen LogP contribution in [0.15, 0.2) is 0 Å². The number of nitrogens with zero attached hydrogens (tertiary/aromatic N) is 1. The molecule has 2 aliphatic heterocycles. The molecule has 0 amide bonds. The van der Waals surface area contributed by atoms with Gasteiger partial charge in [0.1, 0.15) is 0 Å². The fourth-order valence-corrected chi connectivity index (χ4v) is 3.91. The minimum Gasteiger partial charge on any atom is -0.381 e. The average molecular weight is 223 g/mol. The SMILES string of the molecule is C1CCN(C2CCC3(CCOC3)CC2)CC1. The largest absolute Gasteiger partial charge is 0.381 e. The lowest BCUT2D eigenvalue weighted by atomic mass is 9.71. The number of likely N-dealkylation sites (tertiary alicyclic amines) is 1. The zero-order valence-electron chi connectivity index (χ0n) is 10.4. The van der Waals surface area contributed by atoms with E-state index >= 15 is 0 Å². The van der Waals surface area contributed by atoms with Crippen LogP contribution in [0.1, 0.15) is 51.4 Å². The Morgan fingerprint density at radius 1 is 0.938 bits per heavy atom. The third kappa shape index (κ3) is 2.14. The maximum absolute atomic E-state index is 5.60. The van der Waals surface area contributed by atoms with Crippen molar-refractivity contribution in [2.24, 2.45) is 5.41 Å². The summed E-state index contributed by atoms with van der Waals surface area (Å²) in [5, 5.41) is 0. The van der Waals surface area contributed by atoms with E-state index in [2.05, 4.69) is 4.90 Å². The Morgan fingerprint density at radius 2 is 1.69 bits per heavy atom. The highest BCUT2D eigenvalue weighted by molar-refractivity contribution is 4.91. The van der Waals surface area contributed by atoms with E-state index in [0.29, 0.717) is 5.41 Å². The molecule has 2 heteroatoms. The van der Waals surface area contributed by atoms with Crippen molar-refractivity contribution in [3.8, 4) is 0 Å². The Balaban J connectivity index is 1.53. The van der Waals surface area contributed by atoms with E-state index in [1.807, 2.05) is 0 Å². The maximum Gasteiger partial charge on any atom is 0.0523 e. The monoisotopic (exact) mass is 223 g/mol. The highest BCUT2D eigenvalue weighted by atomic mass is 16.5. The molecule has 1 aliphatic carbocycles. The molecular weight excluding hydrogens is 198 g/mol. The summed E-state index contributed by atoms with van der Waals surface area (Å²) >= 11 is 0. The Hall–Kier alpha value is -0.0800. The number of piperidine rings is 1. The highest BCUT2D eigenvalue weighted by Gasteiger charge is 2.39. The summed E-state index contributed by atoms with van der Waals surface area (Å²) in [5.41, 5.74) is 0.603. The van der Waals surface area contributed by atoms with Crippen LogP contribution in [-0.4, -0.2) is 37.2 Å². The number of ether oxygens (including phenoxy) is 1. The molecule has 1 spiro atoms. The van der Waals surface area contributed by atoms with Crippen molar-refractivity contribution in [3.63, 3.8) is 0 Å². The molecule has 0 aromatic carbocycles. The summed E-state index contributed by atoms with van der Waals surface area (Å²) in [6.07, 6.45) is 11.4. The van der Waals surface area contributed by atoms with Gasteiger partial charge in [0.15, 0.2) is 0 Å². The van der Waals surface area contributed by atoms with Crippen LogP contribution in [0, 0.1) is 5.41 Å². The number of hydrogen-bond acceptors (Lipinski definition) is 2. The van der Waals surface area contributed by atoms with Crippen molar-refractivity contribution in [2.45, 2.75) is 57.4 Å². The molecule has 2 heterocycles. The molecule has 2 saturated heterocycles. The predicted octanol–water partition coefficient (Wildman–Crippen LogP) is 2.82. The minimum absolute atomic E-state index is 0.603. The molecule has 3 fully saturated rings. The molecule has 1 saturated carbocycles. The van der Waals surface area contributed by atoms with Crippen molar-refractivity contribution < 1.29 is 4.74 Å². The molecule has 0 atom stereocenters. The van der Waals surface area contributed by atoms with E-state index in [0.717, 1.165) is 19.3 Å². The van der Waals surface area contributed by atoms with Crippen molar-refractivity contribution in [1.29, 1.82) is 0 Å². The Bertz CT molecular complexity index is 219. The van der Waals surface area contributed by atoms with Gasteiger partial charge in [-0.2, -0.15) is 0 Å².